The van der Waals surface area contributed by atoms with Crippen molar-refractivity contribution in [1.82, 2.24) is 14.0 Å². The van der Waals surface area contributed by atoms with Crippen LogP contribution in [0.4, 0.5) is 5.69 Å². The third kappa shape index (κ3) is 4.83. The smallest absolute Gasteiger partial charge is 0.510 e. The Labute approximate surface area is 325 Å². The van der Waals surface area contributed by atoms with Crippen molar-refractivity contribution in [1.29, 1.82) is 0 Å². The second-order valence-corrected chi connectivity index (χ2v) is 15.2. The molecule has 0 aliphatic carbocycles. The van der Waals surface area contributed by atoms with E-state index < -0.39 is 5.41 Å². The monoisotopic (exact) mass is 867 g/mol. The quantitative estimate of drug-likeness (QED) is 0.130. The van der Waals surface area contributed by atoms with E-state index in [9.17, 15) is 0 Å². The van der Waals surface area contributed by atoms with E-state index in [4.69, 9.17) is 0 Å². The van der Waals surface area contributed by atoms with Gasteiger partial charge in [0.05, 0.1) is 18.1 Å². The van der Waals surface area contributed by atoms with Crippen LogP contribution in [0.2, 0.25) is 0 Å². The van der Waals surface area contributed by atoms with Crippen LogP contribution in [-0.4, -0.2) is 21.1 Å². The largest absolute Gasteiger partial charge is 4.00 e. The Morgan fingerprint density at radius 3 is 2.23 bits per heavy atom. The zero-order valence-corrected chi connectivity index (χ0v) is 32.6. The third-order valence-electron chi connectivity index (χ3n) is 11.0. The summed E-state index contributed by atoms with van der Waals surface area (Å²) in [4.78, 5) is 4.22. The fourth-order valence-corrected chi connectivity index (χ4v) is 8.51. The molecule has 0 fully saturated rings. The van der Waals surface area contributed by atoms with Gasteiger partial charge in [0.25, 0.3) is 0 Å². The number of aryl methyl sites for hydroxylation is 1. The molecule has 6 heteroatoms. The second kappa shape index (κ2) is 12.1. The summed E-state index contributed by atoms with van der Waals surface area (Å²) in [6.45, 7) is 8.99. The van der Waals surface area contributed by atoms with Gasteiger partial charge >= 0.3 is 21.1 Å². The number of imidazole rings is 1. The minimum absolute atomic E-state index is 0. The maximum Gasteiger partial charge on any atom is 4.00 e. The molecule has 1 unspecified atom stereocenters. The Morgan fingerprint density at radius 2 is 1.45 bits per heavy atom. The molecule has 5 nitrogen and oxygen atoms in total. The summed E-state index contributed by atoms with van der Waals surface area (Å²) in [7, 11) is 4.12. The Kier molecular flexibility index (Phi) is 7.62. The van der Waals surface area contributed by atoms with E-state index >= 15 is 0 Å². The molecule has 0 bridgehead atoms. The van der Waals surface area contributed by atoms with Gasteiger partial charge < -0.3 is 23.5 Å². The number of rotatable bonds is 4. The first-order chi connectivity index (χ1) is 25.2. The third-order valence-corrected chi connectivity index (χ3v) is 11.0. The van der Waals surface area contributed by atoms with Gasteiger partial charge in [-0.2, -0.15) is 42.1 Å². The van der Waals surface area contributed by atoms with Crippen LogP contribution in [0.3, 0.4) is 0 Å². The van der Waals surface area contributed by atoms with E-state index in [1.54, 1.807) is 0 Å². The summed E-state index contributed by atoms with van der Waals surface area (Å²) in [5.41, 5.74) is 12.5. The van der Waals surface area contributed by atoms with Crippen molar-refractivity contribution in [3.8, 4) is 11.4 Å². The predicted molar refractivity (Wildman–Crippen MR) is 210 cm³/mol. The topological polar surface area (TPSA) is 20.2 Å². The van der Waals surface area contributed by atoms with Crippen LogP contribution in [0.15, 0.2) is 134 Å². The van der Waals surface area contributed by atoms with Crippen molar-refractivity contribution in [2.24, 2.45) is 7.05 Å². The minimum Gasteiger partial charge on any atom is -0.510 e. The fourth-order valence-electron chi connectivity index (χ4n) is 8.51. The average molecular weight is 868 g/mol. The first kappa shape index (κ1) is 33.5. The number of para-hydroxylation sites is 4. The first-order valence-electron chi connectivity index (χ1n) is 17.9. The van der Waals surface area contributed by atoms with Crippen molar-refractivity contribution in [3.63, 3.8) is 0 Å². The Morgan fingerprint density at radius 1 is 0.717 bits per heavy atom. The second-order valence-electron chi connectivity index (χ2n) is 15.2. The van der Waals surface area contributed by atoms with Crippen LogP contribution in [0.5, 0.6) is 0 Å². The number of aromatic nitrogens is 3. The van der Waals surface area contributed by atoms with Crippen molar-refractivity contribution in [2.75, 3.05) is 11.9 Å². The van der Waals surface area contributed by atoms with E-state index in [0.29, 0.717) is 0 Å². The van der Waals surface area contributed by atoms with Gasteiger partial charge in [-0.3, -0.25) is 0 Å². The first-order valence-corrected chi connectivity index (χ1v) is 17.9. The van der Waals surface area contributed by atoms with Crippen LogP contribution in [0.25, 0.3) is 44.2 Å². The normalized spacial score (nSPS) is 16.5. The van der Waals surface area contributed by atoms with Crippen LogP contribution in [0.1, 0.15) is 48.6 Å². The van der Waals surface area contributed by atoms with Crippen molar-refractivity contribution in [3.05, 3.63) is 187 Å². The molecule has 6 aromatic carbocycles. The fraction of sp³-hybridized carbons (Fsp3) is 0.149. The van der Waals surface area contributed by atoms with Crippen LogP contribution in [-0.2, 0) is 38.9 Å². The SMILES string of the molecule is CN1C=CN(c2[c-]c3c(cc2)-n2c4ccccc4c4cccc(c42)C3(c2[c-]c(-n3[c-][n+](C)c4ccccc43)cc(C(C)(C)C)c2)c2ccccc2)[CH-]1.[Pt+4]. The molecular formula is C47H38N5Pt+. The number of anilines is 1. The van der Waals surface area contributed by atoms with Gasteiger partial charge in [0.2, 0.25) is 6.33 Å². The van der Waals surface area contributed by atoms with Gasteiger partial charge in [-0.1, -0.05) is 123 Å². The van der Waals surface area contributed by atoms with Gasteiger partial charge in [-0.25, -0.2) is 0 Å². The van der Waals surface area contributed by atoms with Crippen molar-refractivity contribution in [2.45, 2.75) is 31.6 Å². The minimum atomic E-state index is -0.771. The molecule has 8 aromatic rings. The maximum absolute atomic E-state index is 4.08. The summed E-state index contributed by atoms with van der Waals surface area (Å²) in [5, 5.41) is 2.48. The number of hydrogen-bond donors (Lipinski definition) is 0. The Bertz CT molecular complexity index is 2750. The molecule has 10 rings (SSSR count). The number of nitrogens with zero attached hydrogens (tertiary/aromatic N) is 5. The molecule has 1 atom stereocenters. The summed E-state index contributed by atoms with van der Waals surface area (Å²) >= 11 is 0. The van der Waals surface area contributed by atoms with Gasteiger partial charge in [0.15, 0.2) is 0 Å². The molecule has 0 radical (unpaired) electrons. The molecule has 0 saturated heterocycles. The molecule has 2 aromatic heterocycles. The van der Waals surface area contributed by atoms with Gasteiger partial charge in [-0.15, -0.1) is 23.4 Å². The summed E-state index contributed by atoms with van der Waals surface area (Å²) in [5.74, 6) is 0. The van der Waals surface area contributed by atoms with Crippen molar-refractivity contribution >= 4 is 38.5 Å². The molecular weight excluding hydrogens is 830 g/mol. The predicted octanol–water partition coefficient (Wildman–Crippen LogP) is 9.29. The number of hydrogen-bond acceptors (Lipinski definition) is 2. The van der Waals surface area contributed by atoms with E-state index in [2.05, 4.69) is 217 Å². The molecule has 0 spiro atoms. The van der Waals surface area contributed by atoms with Crippen LogP contribution < -0.4 is 9.47 Å². The summed E-state index contributed by atoms with van der Waals surface area (Å²) in [6, 6.07) is 52.5. The van der Waals surface area contributed by atoms with Gasteiger partial charge in [0.1, 0.15) is 0 Å². The maximum atomic E-state index is 4.08. The standard InChI is InChI=1S/C47H38N5.Pt/c1-46(2,3)33-26-34(28-36(27-33)51-31-49(5)43-20-11-12-21-44(43)51)47(32-14-7-6-8-15-32)39-18-13-17-38-37-16-9-10-19-41(37)52(45(38)39)42-23-22-35(29-40(42)47)50-25-24-48(4)30-50;/h6-27,30H,1-5H3;/q-3;+4. The Hall–Kier alpha value is -5.38. The molecule has 0 N–H and O–H groups in total. The molecule has 4 heterocycles. The molecule has 0 saturated carbocycles. The average Bonchev–Trinajstić information content (AvgIpc) is 3.86. The Balaban J connectivity index is 0.00000372. The van der Waals surface area contributed by atoms with Crippen molar-refractivity contribution < 1.29 is 25.6 Å². The summed E-state index contributed by atoms with van der Waals surface area (Å²) in [6.07, 6.45) is 7.79. The van der Waals surface area contributed by atoms with Crippen LogP contribution >= 0.6 is 0 Å². The molecule has 260 valence electrons. The van der Waals surface area contributed by atoms with E-state index in [1.807, 2.05) is 0 Å². The summed E-state index contributed by atoms with van der Waals surface area (Å²) < 4.78 is 6.72. The van der Waals surface area contributed by atoms with Crippen LogP contribution in [0, 0.1) is 25.1 Å². The number of fused-ring (bicyclic) bond motifs is 6. The van der Waals surface area contributed by atoms with Gasteiger partial charge in [-0.05, 0) is 42.1 Å². The molecule has 0 amide bonds. The molecule has 53 heavy (non-hydrogen) atoms. The van der Waals surface area contributed by atoms with E-state index in [-0.39, 0.29) is 26.5 Å². The van der Waals surface area contributed by atoms with E-state index in [0.717, 1.165) is 39.2 Å². The number of benzene rings is 6. The van der Waals surface area contributed by atoms with E-state index in [1.165, 1.54) is 38.5 Å². The molecule has 2 aliphatic rings. The zero-order chi connectivity index (χ0) is 35.4. The molecule has 2 aliphatic heterocycles. The zero-order valence-electron chi connectivity index (χ0n) is 30.3. The van der Waals surface area contributed by atoms with Gasteiger partial charge in [0, 0.05) is 27.2 Å².